The summed E-state index contributed by atoms with van der Waals surface area (Å²) in [6.07, 6.45) is 0.204. The molecule has 112 valence electrons. The summed E-state index contributed by atoms with van der Waals surface area (Å²) < 4.78 is 6.70. The zero-order valence-electron chi connectivity index (χ0n) is 11.3. The molecule has 1 aromatic carbocycles. The second-order valence-corrected chi connectivity index (χ2v) is 6.31. The van der Waals surface area contributed by atoms with Crippen molar-refractivity contribution in [2.75, 3.05) is 19.7 Å². The number of hydrogen-bond donors (Lipinski definition) is 0. The fourth-order valence-corrected chi connectivity index (χ4v) is 2.91. The van der Waals surface area contributed by atoms with Crippen molar-refractivity contribution in [1.29, 1.82) is 0 Å². The molecule has 0 unspecified atom stereocenters. The Hall–Kier alpha value is -1.47. The van der Waals surface area contributed by atoms with Crippen LogP contribution >= 0.6 is 15.9 Å². The van der Waals surface area contributed by atoms with Gasteiger partial charge in [0.1, 0.15) is 12.0 Å². The predicted molar refractivity (Wildman–Crippen MR) is 78.3 cm³/mol. The summed E-state index contributed by atoms with van der Waals surface area (Å²) >= 11 is 3.38. The Bertz CT molecular complexity index is 563. The number of benzene rings is 1. The van der Waals surface area contributed by atoms with Crippen LogP contribution in [-0.4, -0.2) is 41.5 Å². The highest BCUT2D eigenvalue weighted by atomic mass is 79.9. The van der Waals surface area contributed by atoms with Gasteiger partial charge in [-0.15, -0.1) is 0 Å². The summed E-state index contributed by atoms with van der Waals surface area (Å²) in [4.78, 5) is 24.3. The van der Waals surface area contributed by atoms with Gasteiger partial charge in [-0.3, -0.25) is 14.9 Å². The zero-order chi connectivity index (χ0) is 15.0. The molecule has 0 spiro atoms. The molecule has 2 aliphatic rings. The molecule has 1 saturated heterocycles. The van der Waals surface area contributed by atoms with Gasteiger partial charge in [-0.2, -0.15) is 0 Å². The number of carbonyl (C=O) groups excluding carboxylic acids is 1. The summed E-state index contributed by atoms with van der Waals surface area (Å²) in [6.45, 7) is 1.43. The Morgan fingerprint density at radius 2 is 2.10 bits per heavy atom. The van der Waals surface area contributed by atoms with Gasteiger partial charge in [-0.1, -0.05) is 28.1 Å². The smallest absolute Gasteiger partial charge is 0.233 e. The monoisotopic (exact) mass is 354 g/mol. The number of hydrogen-bond acceptors (Lipinski definition) is 4. The average Bonchev–Trinajstić information content (AvgIpc) is 3.28. The lowest BCUT2D eigenvalue weighted by Gasteiger charge is -2.33. The predicted octanol–water partition coefficient (Wildman–Crippen LogP) is 2.01. The molecule has 0 N–H and O–H groups in total. The molecular weight excluding hydrogens is 340 g/mol. The van der Waals surface area contributed by atoms with Crippen LogP contribution in [0.3, 0.4) is 0 Å². The van der Waals surface area contributed by atoms with E-state index in [1.807, 2.05) is 24.3 Å². The quantitative estimate of drug-likeness (QED) is 0.614. The molecule has 1 amide bonds. The van der Waals surface area contributed by atoms with Gasteiger partial charge in [0.2, 0.25) is 11.9 Å². The summed E-state index contributed by atoms with van der Waals surface area (Å²) in [5, 5.41) is 10.7. The van der Waals surface area contributed by atoms with Crippen molar-refractivity contribution in [2.24, 2.45) is 5.92 Å². The van der Waals surface area contributed by atoms with Crippen molar-refractivity contribution in [2.45, 2.75) is 18.6 Å². The Balaban J connectivity index is 1.65. The maximum absolute atomic E-state index is 12.3. The van der Waals surface area contributed by atoms with Crippen LogP contribution in [0.1, 0.15) is 18.1 Å². The molecular formula is C14H15BrN2O4. The third-order valence-electron chi connectivity index (χ3n) is 3.96. The number of morpholine rings is 1. The van der Waals surface area contributed by atoms with E-state index in [-0.39, 0.29) is 16.9 Å². The molecule has 21 heavy (non-hydrogen) atoms. The maximum atomic E-state index is 12.3. The minimum Gasteiger partial charge on any atom is -0.370 e. The van der Waals surface area contributed by atoms with Crippen molar-refractivity contribution in [3.63, 3.8) is 0 Å². The van der Waals surface area contributed by atoms with Gasteiger partial charge in [0.05, 0.1) is 13.2 Å². The number of halogens is 1. The highest BCUT2D eigenvalue weighted by Gasteiger charge is 2.54. The Labute approximate surface area is 130 Å². The zero-order valence-corrected chi connectivity index (χ0v) is 12.9. The first-order chi connectivity index (χ1) is 10.1. The lowest BCUT2D eigenvalue weighted by molar-refractivity contribution is -0.497. The molecule has 0 aromatic heterocycles. The van der Waals surface area contributed by atoms with Crippen molar-refractivity contribution in [1.82, 2.24) is 4.90 Å². The molecule has 0 bridgehead atoms. The number of carbonyl (C=O) groups is 1. The minimum absolute atomic E-state index is 0.109. The summed E-state index contributed by atoms with van der Waals surface area (Å²) in [6, 6.07) is 7.09. The van der Waals surface area contributed by atoms with Crippen LogP contribution in [0, 0.1) is 16.0 Å². The number of amides is 1. The highest BCUT2D eigenvalue weighted by molar-refractivity contribution is 9.10. The first kappa shape index (κ1) is 14.5. The molecule has 1 aliphatic carbocycles. The lowest BCUT2D eigenvalue weighted by Crippen LogP contribution is -2.43. The fourth-order valence-electron chi connectivity index (χ4n) is 2.64. The van der Waals surface area contributed by atoms with E-state index in [2.05, 4.69) is 15.9 Å². The fraction of sp³-hybridized carbons (Fsp3) is 0.500. The normalized spacial score (nSPS) is 28.2. The molecule has 6 nitrogen and oxygen atoms in total. The van der Waals surface area contributed by atoms with Crippen molar-refractivity contribution in [3.8, 4) is 0 Å². The van der Waals surface area contributed by atoms with E-state index in [4.69, 9.17) is 4.74 Å². The van der Waals surface area contributed by atoms with Gasteiger partial charge in [0.25, 0.3) is 0 Å². The molecule has 2 fully saturated rings. The van der Waals surface area contributed by atoms with Gasteiger partial charge >= 0.3 is 0 Å². The van der Waals surface area contributed by atoms with E-state index >= 15 is 0 Å². The summed E-state index contributed by atoms with van der Waals surface area (Å²) in [5.74, 6) is -0.550. The van der Waals surface area contributed by atoms with Crippen LogP contribution in [-0.2, 0) is 9.53 Å². The summed E-state index contributed by atoms with van der Waals surface area (Å²) in [5.41, 5.74) is 1.01. The van der Waals surface area contributed by atoms with Crippen molar-refractivity contribution < 1.29 is 14.5 Å². The number of nitrogens with zero attached hydrogens (tertiary/aromatic N) is 2. The van der Waals surface area contributed by atoms with Gasteiger partial charge in [0, 0.05) is 22.4 Å². The van der Waals surface area contributed by atoms with Crippen LogP contribution in [0.25, 0.3) is 0 Å². The van der Waals surface area contributed by atoms with Crippen molar-refractivity contribution in [3.05, 3.63) is 44.4 Å². The van der Waals surface area contributed by atoms with E-state index < -0.39 is 12.0 Å². The van der Waals surface area contributed by atoms with E-state index in [0.717, 1.165) is 10.0 Å². The molecule has 1 heterocycles. The standard InChI is InChI=1S/C14H15BrN2O4/c15-10-3-1-9(2-4-10)13-8-16(5-6-21-13)14(18)11-7-12(11)17(19)20/h1-4,11-13H,5-8H2/t11-,12-,13-/m1/s1. The van der Waals surface area contributed by atoms with E-state index in [1.54, 1.807) is 4.90 Å². The Kier molecular flexibility index (Phi) is 3.95. The van der Waals surface area contributed by atoms with Gasteiger partial charge in [-0.05, 0) is 17.7 Å². The average molecular weight is 355 g/mol. The van der Waals surface area contributed by atoms with Crippen molar-refractivity contribution >= 4 is 21.8 Å². The third-order valence-corrected chi connectivity index (χ3v) is 4.49. The van der Waals surface area contributed by atoms with Gasteiger partial charge in [-0.25, -0.2) is 0 Å². The first-order valence-corrected chi connectivity index (χ1v) is 7.65. The molecule has 1 saturated carbocycles. The second-order valence-electron chi connectivity index (χ2n) is 5.39. The number of nitro groups is 1. The molecule has 1 aliphatic heterocycles. The summed E-state index contributed by atoms with van der Waals surface area (Å²) in [7, 11) is 0. The minimum atomic E-state index is -0.688. The Morgan fingerprint density at radius 1 is 1.38 bits per heavy atom. The molecule has 3 atom stereocenters. The second kappa shape index (κ2) is 5.73. The van der Waals surface area contributed by atoms with Crippen LogP contribution in [0.15, 0.2) is 28.7 Å². The maximum Gasteiger partial charge on any atom is 0.233 e. The van der Waals surface area contributed by atoms with Gasteiger partial charge in [0.15, 0.2) is 0 Å². The third kappa shape index (κ3) is 3.08. The topological polar surface area (TPSA) is 72.7 Å². The SMILES string of the molecule is O=C([C@@H]1C[C@H]1[N+](=O)[O-])N1CCO[C@@H](c2ccc(Br)cc2)C1. The van der Waals surface area contributed by atoms with Gasteiger partial charge < -0.3 is 9.64 Å². The van der Waals surface area contributed by atoms with Crippen LogP contribution in [0.5, 0.6) is 0 Å². The number of rotatable bonds is 3. The molecule has 7 heteroatoms. The molecule has 1 aromatic rings. The first-order valence-electron chi connectivity index (χ1n) is 6.85. The lowest BCUT2D eigenvalue weighted by atomic mass is 10.1. The van der Waals surface area contributed by atoms with E-state index in [0.29, 0.717) is 26.1 Å². The highest BCUT2D eigenvalue weighted by Crippen LogP contribution is 2.36. The van der Waals surface area contributed by atoms with E-state index in [9.17, 15) is 14.9 Å². The number of ether oxygens (including phenoxy) is 1. The van der Waals surface area contributed by atoms with E-state index in [1.165, 1.54) is 0 Å². The van der Waals surface area contributed by atoms with Crippen LogP contribution < -0.4 is 0 Å². The Morgan fingerprint density at radius 3 is 2.71 bits per heavy atom. The van der Waals surface area contributed by atoms with Crippen LogP contribution in [0.4, 0.5) is 0 Å². The molecule has 0 radical (unpaired) electrons. The largest absolute Gasteiger partial charge is 0.370 e. The molecule has 3 rings (SSSR count). The van der Waals surface area contributed by atoms with Crippen LogP contribution in [0.2, 0.25) is 0 Å².